The highest BCUT2D eigenvalue weighted by molar-refractivity contribution is 5.79. The van der Waals surface area contributed by atoms with Gasteiger partial charge in [-0.25, -0.2) is 0 Å². The number of benzene rings is 1. The van der Waals surface area contributed by atoms with Crippen LogP contribution in [0.3, 0.4) is 0 Å². The fourth-order valence-electron chi connectivity index (χ4n) is 3.52. The second-order valence-corrected chi connectivity index (χ2v) is 6.60. The molecule has 120 valence electrons. The molecule has 0 radical (unpaired) electrons. The monoisotopic (exact) mass is 301 g/mol. The Morgan fingerprint density at radius 2 is 2.05 bits per heavy atom. The minimum Gasteiger partial charge on any atom is -0.354 e. The SMILES string of the molecule is Cc1ccc(C(CNC(=O)C2CCNC2)N2CCCC2)cc1. The first-order valence-electron chi connectivity index (χ1n) is 8.53. The van der Waals surface area contributed by atoms with Gasteiger partial charge in [0.1, 0.15) is 0 Å². The standard InChI is InChI=1S/C18H27N3O/c1-14-4-6-15(7-5-14)17(21-10-2-3-11-21)13-20-18(22)16-8-9-19-12-16/h4-7,16-17,19H,2-3,8-13H2,1H3,(H,20,22). The van der Waals surface area contributed by atoms with E-state index < -0.39 is 0 Å². The summed E-state index contributed by atoms with van der Waals surface area (Å²) in [6.07, 6.45) is 3.50. The number of amides is 1. The van der Waals surface area contributed by atoms with Crippen molar-refractivity contribution in [2.45, 2.75) is 32.2 Å². The van der Waals surface area contributed by atoms with Crippen molar-refractivity contribution in [2.24, 2.45) is 5.92 Å². The molecular formula is C18H27N3O. The summed E-state index contributed by atoms with van der Waals surface area (Å²) in [5.74, 6) is 0.360. The molecule has 2 saturated heterocycles. The second-order valence-electron chi connectivity index (χ2n) is 6.60. The van der Waals surface area contributed by atoms with Gasteiger partial charge in [0.15, 0.2) is 0 Å². The molecule has 0 bridgehead atoms. The largest absolute Gasteiger partial charge is 0.354 e. The molecule has 4 nitrogen and oxygen atoms in total. The van der Waals surface area contributed by atoms with Crippen molar-refractivity contribution in [3.8, 4) is 0 Å². The molecule has 2 fully saturated rings. The fourth-order valence-corrected chi connectivity index (χ4v) is 3.52. The van der Waals surface area contributed by atoms with E-state index in [2.05, 4.69) is 46.7 Å². The quantitative estimate of drug-likeness (QED) is 0.872. The lowest BCUT2D eigenvalue weighted by Crippen LogP contribution is -2.39. The molecule has 2 N–H and O–H groups in total. The van der Waals surface area contributed by atoms with Crippen molar-refractivity contribution in [3.05, 3.63) is 35.4 Å². The molecule has 0 aromatic heterocycles. The summed E-state index contributed by atoms with van der Waals surface area (Å²) in [7, 11) is 0. The van der Waals surface area contributed by atoms with Gasteiger partial charge in [-0.15, -0.1) is 0 Å². The lowest BCUT2D eigenvalue weighted by atomic mass is 10.0. The molecule has 1 aromatic rings. The molecule has 1 amide bonds. The molecule has 0 aliphatic carbocycles. The zero-order valence-corrected chi connectivity index (χ0v) is 13.5. The molecule has 1 aromatic carbocycles. The third-order valence-electron chi connectivity index (χ3n) is 4.94. The van der Waals surface area contributed by atoms with Gasteiger partial charge in [0.05, 0.1) is 12.0 Å². The topological polar surface area (TPSA) is 44.4 Å². The molecule has 2 aliphatic rings. The fraction of sp³-hybridized carbons (Fsp3) is 0.611. The van der Waals surface area contributed by atoms with E-state index in [4.69, 9.17) is 0 Å². The van der Waals surface area contributed by atoms with Crippen LogP contribution in [-0.2, 0) is 4.79 Å². The first kappa shape index (κ1) is 15.5. The highest BCUT2D eigenvalue weighted by Gasteiger charge is 2.26. The van der Waals surface area contributed by atoms with E-state index in [1.807, 2.05) is 0 Å². The Morgan fingerprint density at radius 3 is 2.68 bits per heavy atom. The van der Waals surface area contributed by atoms with E-state index in [0.717, 1.165) is 39.1 Å². The smallest absolute Gasteiger partial charge is 0.224 e. The number of carbonyl (C=O) groups is 1. The highest BCUT2D eigenvalue weighted by atomic mass is 16.1. The number of likely N-dealkylation sites (tertiary alicyclic amines) is 1. The lowest BCUT2D eigenvalue weighted by molar-refractivity contribution is -0.124. The summed E-state index contributed by atoms with van der Waals surface area (Å²) in [6.45, 7) is 6.90. The van der Waals surface area contributed by atoms with Crippen molar-refractivity contribution in [2.75, 3.05) is 32.7 Å². The normalized spacial score (nSPS) is 23.6. The first-order valence-corrected chi connectivity index (χ1v) is 8.53. The van der Waals surface area contributed by atoms with Crippen LogP contribution in [0, 0.1) is 12.8 Å². The van der Waals surface area contributed by atoms with Gasteiger partial charge in [0.25, 0.3) is 0 Å². The Kier molecular flexibility index (Phi) is 5.11. The molecule has 22 heavy (non-hydrogen) atoms. The van der Waals surface area contributed by atoms with E-state index in [-0.39, 0.29) is 11.8 Å². The average molecular weight is 301 g/mol. The summed E-state index contributed by atoms with van der Waals surface area (Å²) in [4.78, 5) is 14.8. The number of hydrogen-bond acceptors (Lipinski definition) is 3. The van der Waals surface area contributed by atoms with Gasteiger partial charge in [-0.3, -0.25) is 9.69 Å². The molecule has 0 saturated carbocycles. The first-order chi connectivity index (χ1) is 10.7. The van der Waals surface area contributed by atoms with Gasteiger partial charge in [0.2, 0.25) is 5.91 Å². The Labute approximate surface area is 133 Å². The second kappa shape index (κ2) is 7.25. The highest BCUT2D eigenvalue weighted by Crippen LogP contribution is 2.25. The number of hydrogen-bond donors (Lipinski definition) is 2. The van der Waals surface area contributed by atoms with Gasteiger partial charge in [0, 0.05) is 13.1 Å². The van der Waals surface area contributed by atoms with E-state index in [9.17, 15) is 4.79 Å². The Morgan fingerprint density at radius 1 is 1.32 bits per heavy atom. The molecule has 2 unspecified atom stereocenters. The van der Waals surface area contributed by atoms with Gasteiger partial charge in [-0.2, -0.15) is 0 Å². The zero-order valence-electron chi connectivity index (χ0n) is 13.5. The van der Waals surface area contributed by atoms with Crippen LogP contribution in [0.2, 0.25) is 0 Å². The van der Waals surface area contributed by atoms with Gasteiger partial charge in [-0.05, 0) is 51.4 Å². The van der Waals surface area contributed by atoms with Crippen LogP contribution in [0.25, 0.3) is 0 Å². The maximum absolute atomic E-state index is 12.3. The molecule has 2 aliphatic heterocycles. The predicted octanol–water partition coefficient (Wildman–Crippen LogP) is 1.86. The maximum atomic E-state index is 12.3. The van der Waals surface area contributed by atoms with Crippen molar-refractivity contribution in [1.29, 1.82) is 0 Å². The summed E-state index contributed by atoms with van der Waals surface area (Å²) < 4.78 is 0. The van der Waals surface area contributed by atoms with Gasteiger partial charge in [-0.1, -0.05) is 29.8 Å². The zero-order chi connectivity index (χ0) is 15.4. The molecule has 4 heteroatoms. The molecule has 2 atom stereocenters. The molecule has 3 rings (SSSR count). The molecular weight excluding hydrogens is 274 g/mol. The van der Waals surface area contributed by atoms with Crippen molar-refractivity contribution in [3.63, 3.8) is 0 Å². The Balaban J connectivity index is 1.65. The van der Waals surface area contributed by atoms with E-state index in [1.54, 1.807) is 0 Å². The van der Waals surface area contributed by atoms with Crippen LogP contribution in [-0.4, -0.2) is 43.5 Å². The number of nitrogens with zero attached hydrogens (tertiary/aromatic N) is 1. The Bertz CT molecular complexity index is 488. The maximum Gasteiger partial charge on any atom is 0.224 e. The summed E-state index contributed by atoms with van der Waals surface area (Å²) >= 11 is 0. The van der Waals surface area contributed by atoms with Crippen LogP contribution in [0.1, 0.15) is 36.4 Å². The van der Waals surface area contributed by atoms with E-state index in [1.165, 1.54) is 24.0 Å². The minimum absolute atomic E-state index is 0.150. The van der Waals surface area contributed by atoms with Crippen molar-refractivity contribution >= 4 is 5.91 Å². The van der Waals surface area contributed by atoms with E-state index in [0.29, 0.717) is 6.04 Å². The number of aryl methyl sites for hydroxylation is 1. The Hall–Kier alpha value is -1.39. The number of carbonyl (C=O) groups excluding carboxylic acids is 1. The third-order valence-corrected chi connectivity index (χ3v) is 4.94. The summed E-state index contributed by atoms with van der Waals surface area (Å²) in [5.41, 5.74) is 2.60. The number of rotatable bonds is 5. The van der Waals surface area contributed by atoms with Crippen LogP contribution in [0.4, 0.5) is 0 Å². The van der Waals surface area contributed by atoms with Crippen molar-refractivity contribution < 1.29 is 4.79 Å². The number of nitrogens with one attached hydrogen (secondary N) is 2. The van der Waals surface area contributed by atoms with Crippen molar-refractivity contribution in [1.82, 2.24) is 15.5 Å². The van der Waals surface area contributed by atoms with E-state index >= 15 is 0 Å². The predicted molar refractivity (Wildman–Crippen MR) is 88.7 cm³/mol. The lowest BCUT2D eigenvalue weighted by Gasteiger charge is -2.28. The summed E-state index contributed by atoms with van der Waals surface area (Å²) in [5, 5.41) is 6.46. The average Bonchev–Trinajstić information content (AvgIpc) is 3.22. The van der Waals surface area contributed by atoms with Crippen LogP contribution in [0.15, 0.2) is 24.3 Å². The molecule has 0 spiro atoms. The third kappa shape index (κ3) is 3.68. The minimum atomic E-state index is 0.150. The van der Waals surface area contributed by atoms with Gasteiger partial charge >= 0.3 is 0 Å². The summed E-state index contributed by atoms with van der Waals surface area (Å²) in [6, 6.07) is 9.06. The molecule has 2 heterocycles. The van der Waals surface area contributed by atoms with Crippen LogP contribution in [0.5, 0.6) is 0 Å². The van der Waals surface area contributed by atoms with Gasteiger partial charge < -0.3 is 10.6 Å². The van der Waals surface area contributed by atoms with Crippen LogP contribution < -0.4 is 10.6 Å². The van der Waals surface area contributed by atoms with Crippen LogP contribution >= 0.6 is 0 Å².